The molecule has 0 spiro atoms. The number of nitrogens with zero attached hydrogens (tertiary/aromatic N) is 1. The minimum absolute atomic E-state index is 0.481. The van der Waals surface area contributed by atoms with Crippen molar-refractivity contribution in [3.05, 3.63) is 30.7 Å². The number of benzene rings is 1. The molecule has 15 heavy (non-hydrogen) atoms. The zero-order chi connectivity index (χ0) is 10.7. The molecule has 0 unspecified atom stereocenters. The highest BCUT2D eigenvalue weighted by Gasteiger charge is 2.10. The minimum atomic E-state index is 0.481. The van der Waals surface area contributed by atoms with Gasteiger partial charge in [0, 0.05) is 6.07 Å². The lowest BCUT2D eigenvalue weighted by Crippen LogP contribution is -1.90. The van der Waals surface area contributed by atoms with Gasteiger partial charge in [0.25, 0.3) is 0 Å². The molecule has 0 aliphatic carbocycles. The van der Waals surface area contributed by atoms with Crippen LogP contribution in [0.2, 0.25) is 0 Å². The van der Waals surface area contributed by atoms with Gasteiger partial charge in [-0.25, -0.2) is 4.98 Å². The predicted octanol–water partition coefficient (Wildman–Crippen LogP) is 2.16. The predicted molar refractivity (Wildman–Crippen MR) is 53.9 cm³/mol. The maximum absolute atomic E-state index is 5.22. The Balaban J connectivity index is 2.48. The first-order valence-electron chi connectivity index (χ1n) is 4.39. The van der Waals surface area contributed by atoms with Crippen LogP contribution < -0.4 is 9.47 Å². The van der Waals surface area contributed by atoms with Crippen LogP contribution in [0.5, 0.6) is 11.5 Å². The molecule has 0 bridgehead atoms. The van der Waals surface area contributed by atoms with Crippen molar-refractivity contribution in [2.75, 3.05) is 14.2 Å². The summed E-state index contributed by atoms with van der Waals surface area (Å²) in [4.78, 5) is 3.94. The molecule has 0 N–H and O–H groups in total. The van der Waals surface area contributed by atoms with Crippen LogP contribution >= 0.6 is 0 Å². The molecule has 0 aliphatic rings. The van der Waals surface area contributed by atoms with E-state index < -0.39 is 0 Å². The van der Waals surface area contributed by atoms with E-state index in [4.69, 9.17) is 13.9 Å². The van der Waals surface area contributed by atoms with Crippen molar-refractivity contribution in [2.24, 2.45) is 0 Å². The van der Waals surface area contributed by atoms with Crippen LogP contribution in [0.1, 0.15) is 0 Å². The third-order valence-corrected chi connectivity index (χ3v) is 2.03. The fourth-order valence-electron chi connectivity index (χ4n) is 1.29. The van der Waals surface area contributed by atoms with Crippen LogP contribution in [0, 0.1) is 6.20 Å². The van der Waals surface area contributed by atoms with Gasteiger partial charge in [-0.3, -0.25) is 0 Å². The Morgan fingerprint density at radius 2 is 2.13 bits per heavy atom. The fraction of sp³-hybridized carbons (Fsp3) is 0.182. The van der Waals surface area contributed by atoms with Gasteiger partial charge in [-0.1, -0.05) is 0 Å². The summed E-state index contributed by atoms with van der Waals surface area (Å²) in [5.74, 6) is 1.87. The number of hydrogen-bond acceptors (Lipinski definition) is 4. The summed E-state index contributed by atoms with van der Waals surface area (Å²) in [6.07, 6.45) is 4.01. The topological polar surface area (TPSA) is 44.5 Å². The number of methoxy groups -OCH3 is 2. The molecule has 1 aromatic carbocycles. The number of hydrogen-bond donors (Lipinski definition) is 0. The van der Waals surface area contributed by atoms with E-state index in [-0.39, 0.29) is 0 Å². The fourth-order valence-corrected chi connectivity index (χ4v) is 1.29. The summed E-state index contributed by atoms with van der Waals surface area (Å²) in [6, 6.07) is 5.43. The number of rotatable bonds is 3. The lowest BCUT2D eigenvalue weighted by molar-refractivity contribution is 0.394. The van der Waals surface area contributed by atoms with Crippen LogP contribution in [-0.2, 0) is 0 Å². The molecule has 1 radical (unpaired) electrons. The summed E-state index contributed by atoms with van der Waals surface area (Å²) in [7, 11) is 3.19. The van der Waals surface area contributed by atoms with Gasteiger partial charge in [0.1, 0.15) is 24.0 Å². The molecule has 4 heteroatoms. The van der Waals surface area contributed by atoms with E-state index in [1.54, 1.807) is 20.3 Å². The van der Waals surface area contributed by atoms with Gasteiger partial charge in [-0.15, -0.1) is 0 Å². The van der Waals surface area contributed by atoms with E-state index in [1.807, 2.05) is 12.1 Å². The van der Waals surface area contributed by atoms with Gasteiger partial charge < -0.3 is 13.9 Å². The normalized spacial score (nSPS) is 10.0. The summed E-state index contributed by atoms with van der Waals surface area (Å²) in [6.45, 7) is 0. The van der Waals surface area contributed by atoms with Crippen molar-refractivity contribution in [1.82, 2.24) is 4.98 Å². The summed E-state index contributed by atoms with van der Waals surface area (Å²) < 4.78 is 15.5. The van der Waals surface area contributed by atoms with Gasteiger partial charge in [0.15, 0.2) is 0 Å². The lowest BCUT2D eigenvalue weighted by Gasteiger charge is -2.07. The summed E-state index contributed by atoms with van der Waals surface area (Å²) >= 11 is 0. The maximum Gasteiger partial charge on any atom is 0.230 e. The molecule has 0 atom stereocenters. The number of oxazole rings is 1. The van der Waals surface area contributed by atoms with Gasteiger partial charge >= 0.3 is 0 Å². The first-order valence-corrected chi connectivity index (χ1v) is 4.39. The van der Waals surface area contributed by atoms with Crippen LogP contribution in [0.3, 0.4) is 0 Å². The van der Waals surface area contributed by atoms with Gasteiger partial charge in [0.2, 0.25) is 5.89 Å². The summed E-state index contributed by atoms with van der Waals surface area (Å²) in [5, 5.41) is 0. The molecule has 1 heterocycles. The third kappa shape index (κ3) is 1.79. The first-order chi connectivity index (χ1) is 7.35. The largest absolute Gasteiger partial charge is 0.497 e. The van der Waals surface area contributed by atoms with E-state index in [0.29, 0.717) is 11.6 Å². The molecule has 1 aromatic heterocycles. The van der Waals surface area contributed by atoms with Crippen molar-refractivity contribution in [2.45, 2.75) is 0 Å². The van der Waals surface area contributed by atoms with E-state index in [1.165, 1.54) is 6.26 Å². The highest BCUT2D eigenvalue weighted by Crippen LogP contribution is 2.31. The highest BCUT2D eigenvalue weighted by atomic mass is 16.5. The van der Waals surface area contributed by atoms with Crippen molar-refractivity contribution >= 4 is 0 Å². The van der Waals surface area contributed by atoms with Crippen molar-refractivity contribution in [1.29, 1.82) is 0 Å². The van der Waals surface area contributed by atoms with Crippen LogP contribution in [-0.4, -0.2) is 19.2 Å². The van der Waals surface area contributed by atoms with Gasteiger partial charge in [0.05, 0.1) is 19.8 Å². The monoisotopic (exact) mass is 204 g/mol. The molecule has 0 amide bonds. The highest BCUT2D eigenvalue weighted by molar-refractivity contribution is 5.64. The Labute approximate surface area is 87.5 Å². The van der Waals surface area contributed by atoms with Crippen LogP contribution in [0.4, 0.5) is 0 Å². The smallest absolute Gasteiger partial charge is 0.230 e. The Morgan fingerprint density at radius 3 is 2.73 bits per heavy atom. The van der Waals surface area contributed by atoms with Gasteiger partial charge in [-0.2, -0.15) is 0 Å². The van der Waals surface area contributed by atoms with E-state index in [9.17, 15) is 0 Å². The Kier molecular flexibility index (Phi) is 2.58. The van der Waals surface area contributed by atoms with Crippen LogP contribution in [0.15, 0.2) is 28.9 Å². The maximum atomic E-state index is 5.22. The zero-order valence-electron chi connectivity index (χ0n) is 8.48. The second-order valence-corrected chi connectivity index (χ2v) is 2.85. The third-order valence-electron chi connectivity index (χ3n) is 2.03. The molecular formula is C11H10NO3. The second-order valence-electron chi connectivity index (χ2n) is 2.85. The Bertz CT molecular complexity index is 437. The Hall–Kier alpha value is -1.97. The van der Waals surface area contributed by atoms with E-state index in [0.717, 1.165) is 11.3 Å². The molecule has 2 rings (SSSR count). The molecule has 0 aliphatic heterocycles. The molecular weight excluding hydrogens is 194 g/mol. The first kappa shape index (κ1) is 9.58. The Morgan fingerprint density at radius 1 is 1.27 bits per heavy atom. The standard InChI is InChI=1S/C11H10NO3/c1-13-8-3-4-9(10(7-8)14-2)11-12-5-6-15-11/h3-4,6-7H,1-2H3. The second kappa shape index (κ2) is 4.04. The average molecular weight is 204 g/mol. The number of aromatic nitrogens is 1. The van der Waals surface area contributed by atoms with E-state index in [2.05, 4.69) is 11.2 Å². The molecule has 2 aromatic rings. The minimum Gasteiger partial charge on any atom is -0.497 e. The molecule has 0 fully saturated rings. The SMILES string of the molecule is COc1ccc(-c2n[c]co2)c(OC)c1. The van der Waals surface area contributed by atoms with E-state index >= 15 is 0 Å². The van der Waals surface area contributed by atoms with Crippen molar-refractivity contribution in [3.8, 4) is 23.0 Å². The molecule has 0 saturated heterocycles. The number of ether oxygens (including phenoxy) is 2. The van der Waals surface area contributed by atoms with Crippen molar-refractivity contribution in [3.63, 3.8) is 0 Å². The zero-order valence-corrected chi connectivity index (χ0v) is 8.48. The molecule has 0 saturated carbocycles. The summed E-state index contributed by atoms with van der Waals surface area (Å²) in [5.41, 5.74) is 0.777. The average Bonchev–Trinajstić information content (AvgIpc) is 2.81. The van der Waals surface area contributed by atoms with Crippen molar-refractivity contribution < 1.29 is 13.9 Å². The van der Waals surface area contributed by atoms with Gasteiger partial charge in [-0.05, 0) is 12.1 Å². The molecule has 4 nitrogen and oxygen atoms in total. The van der Waals surface area contributed by atoms with Crippen LogP contribution in [0.25, 0.3) is 11.5 Å². The quantitative estimate of drug-likeness (QED) is 0.768. The lowest BCUT2D eigenvalue weighted by atomic mass is 10.2. The molecule has 77 valence electrons.